The van der Waals surface area contributed by atoms with Gasteiger partial charge in [-0.1, -0.05) is 30.3 Å². The quantitative estimate of drug-likeness (QED) is 0.795. The van der Waals surface area contributed by atoms with Gasteiger partial charge in [0.25, 0.3) is 0 Å². The monoisotopic (exact) mass is 330 g/mol. The van der Waals surface area contributed by atoms with Gasteiger partial charge >= 0.3 is 6.09 Å². The number of benzene rings is 1. The van der Waals surface area contributed by atoms with Gasteiger partial charge in [-0.25, -0.2) is 4.79 Å². The van der Waals surface area contributed by atoms with Crippen molar-refractivity contribution < 1.29 is 19.1 Å². The Kier molecular flexibility index (Phi) is 5.13. The highest BCUT2D eigenvalue weighted by Crippen LogP contribution is 2.21. The molecule has 0 spiro atoms. The molecule has 2 fully saturated rings. The molecule has 1 aromatic carbocycles. The number of hydrogen-bond acceptors (Lipinski definition) is 4. The lowest BCUT2D eigenvalue weighted by Gasteiger charge is -2.39. The van der Waals surface area contributed by atoms with Gasteiger partial charge in [-0.2, -0.15) is 0 Å². The van der Waals surface area contributed by atoms with Crippen molar-refractivity contribution in [2.45, 2.75) is 38.3 Å². The van der Waals surface area contributed by atoms with Crippen LogP contribution < -0.4 is 0 Å². The van der Waals surface area contributed by atoms with Crippen LogP contribution in [0.3, 0.4) is 0 Å². The number of amides is 2. The van der Waals surface area contributed by atoms with Crippen LogP contribution in [0.1, 0.15) is 31.2 Å². The zero-order valence-electron chi connectivity index (χ0n) is 13.6. The van der Waals surface area contributed by atoms with E-state index in [1.54, 1.807) is 4.90 Å². The summed E-state index contributed by atoms with van der Waals surface area (Å²) in [7, 11) is 0. The van der Waals surface area contributed by atoms with E-state index in [0.29, 0.717) is 26.1 Å². The van der Waals surface area contributed by atoms with E-state index in [-0.39, 0.29) is 36.9 Å². The summed E-state index contributed by atoms with van der Waals surface area (Å²) >= 11 is 0. The number of rotatable bonds is 3. The molecule has 0 radical (unpaired) electrons. The number of hydrogen-bond donors (Lipinski definition) is 0. The fourth-order valence-electron chi connectivity index (χ4n) is 3.29. The maximum absolute atomic E-state index is 12.1. The molecule has 0 saturated carbocycles. The van der Waals surface area contributed by atoms with Crippen LogP contribution in [0.25, 0.3) is 0 Å². The molecule has 2 saturated heterocycles. The SMILES string of the molecule is O=C1CCN(C2CCN(C(=O)OCc3ccccc3)CC2)C(=O)C1. The molecule has 0 atom stereocenters. The van der Waals surface area contributed by atoms with Gasteiger partial charge in [-0.3, -0.25) is 9.59 Å². The highest BCUT2D eigenvalue weighted by molar-refractivity contribution is 6.00. The van der Waals surface area contributed by atoms with E-state index in [1.807, 2.05) is 35.2 Å². The average molecular weight is 330 g/mol. The normalized spacial score (nSPS) is 19.5. The van der Waals surface area contributed by atoms with Crippen LogP contribution in [0.15, 0.2) is 30.3 Å². The third kappa shape index (κ3) is 3.93. The van der Waals surface area contributed by atoms with E-state index in [9.17, 15) is 14.4 Å². The first-order valence-corrected chi connectivity index (χ1v) is 8.40. The van der Waals surface area contributed by atoms with Crippen molar-refractivity contribution in [3.05, 3.63) is 35.9 Å². The first-order chi connectivity index (χ1) is 11.6. The Morgan fingerprint density at radius 1 is 1.08 bits per heavy atom. The smallest absolute Gasteiger partial charge is 0.410 e. The predicted molar refractivity (Wildman–Crippen MR) is 87.2 cm³/mol. The second-order valence-corrected chi connectivity index (χ2v) is 6.31. The molecule has 6 nitrogen and oxygen atoms in total. The van der Waals surface area contributed by atoms with Crippen LogP contribution >= 0.6 is 0 Å². The first-order valence-electron chi connectivity index (χ1n) is 8.40. The summed E-state index contributed by atoms with van der Waals surface area (Å²) in [4.78, 5) is 38.9. The molecule has 0 bridgehead atoms. The summed E-state index contributed by atoms with van der Waals surface area (Å²) in [6.45, 7) is 1.94. The lowest BCUT2D eigenvalue weighted by molar-refractivity contribution is -0.142. The Balaban J connectivity index is 1.45. The van der Waals surface area contributed by atoms with Crippen molar-refractivity contribution in [3.8, 4) is 0 Å². The van der Waals surface area contributed by atoms with Crippen molar-refractivity contribution >= 4 is 17.8 Å². The molecule has 0 N–H and O–H groups in total. The molecule has 3 rings (SSSR count). The Morgan fingerprint density at radius 3 is 2.46 bits per heavy atom. The molecule has 2 amide bonds. The number of carbonyl (C=O) groups is 3. The van der Waals surface area contributed by atoms with Crippen molar-refractivity contribution in [2.24, 2.45) is 0 Å². The van der Waals surface area contributed by atoms with Crippen molar-refractivity contribution in [1.29, 1.82) is 0 Å². The Morgan fingerprint density at radius 2 is 1.79 bits per heavy atom. The zero-order chi connectivity index (χ0) is 16.9. The second-order valence-electron chi connectivity index (χ2n) is 6.31. The van der Waals surface area contributed by atoms with Gasteiger partial charge in [0.15, 0.2) is 0 Å². The molecule has 24 heavy (non-hydrogen) atoms. The molecule has 0 aromatic heterocycles. The highest BCUT2D eigenvalue weighted by Gasteiger charge is 2.33. The van der Waals surface area contributed by atoms with Gasteiger partial charge in [0.1, 0.15) is 12.4 Å². The van der Waals surface area contributed by atoms with Gasteiger partial charge in [-0.05, 0) is 18.4 Å². The minimum atomic E-state index is -0.308. The van der Waals surface area contributed by atoms with Gasteiger partial charge in [0.2, 0.25) is 5.91 Å². The van der Waals surface area contributed by atoms with Gasteiger partial charge in [-0.15, -0.1) is 0 Å². The number of carbonyl (C=O) groups excluding carboxylic acids is 3. The van der Waals surface area contributed by atoms with E-state index in [0.717, 1.165) is 18.4 Å². The number of ketones is 1. The van der Waals surface area contributed by atoms with Crippen LogP contribution in [-0.2, 0) is 20.9 Å². The van der Waals surface area contributed by atoms with Gasteiger partial charge < -0.3 is 14.5 Å². The van der Waals surface area contributed by atoms with Crippen molar-refractivity contribution in [1.82, 2.24) is 9.80 Å². The fraction of sp³-hybridized carbons (Fsp3) is 0.500. The molecule has 0 unspecified atom stereocenters. The standard InChI is InChI=1S/C18H22N2O4/c21-16-8-11-20(17(22)12-16)15-6-9-19(10-7-15)18(23)24-13-14-4-2-1-3-5-14/h1-5,15H,6-13H2. The van der Waals surface area contributed by atoms with Crippen LogP contribution in [-0.4, -0.2) is 53.3 Å². The Hall–Kier alpha value is -2.37. The summed E-state index contributed by atoms with van der Waals surface area (Å²) in [5.74, 6) is -0.0467. The van der Waals surface area contributed by atoms with Gasteiger partial charge in [0.05, 0.1) is 6.42 Å². The molecule has 2 aliphatic rings. The molecular weight excluding hydrogens is 308 g/mol. The zero-order valence-corrected chi connectivity index (χ0v) is 13.6. The highest BCUT2D eigenvalue weighted by atomic mass is 16.6. The van der Waals surface area contributed by atoms with Crippen LogP contribution in [0.2, 0.25) is 0 Å². The molecule has 2 heterocycles. The molecular formula is C18H22N2O4. The largest absolute Gasteiger partial charge is 0.445 e. The third-order valence-corrected chi connectivity index (χ3v) is 4.67. The second kappa shape index (κ2) is 7.47. The van der Waals surface area contributed by atoms with Crippen LogP contribution in [0, 0.1) is 0 Å². The van der Waals surface area contributed by atoms with E-state index in [1.165, 1.54) is 0 Å². The van der Waals surface area contributed by atoms with Crippen molar-refractivity contribution in [3.63, 3.8) is 0 Å². The number of likely N-dealkylation sites (tertiary alicyclic amines) is 2. The van der Waals surface area contributed by atoms with E-state index in [4.69, 9.17) is 4.74 Å². The maximum atomic E-state index is 12.1. The molecule has 6 heteroatoms. The summed E-state index contributed by atoms with van der Waals surface area (Å²) < 4.78 is 5.35. The summed E-state index contributed by atoms with van der Waals surface area (Å²) in [6, 6.07) is 9.71. The summed E-state index contributed by atoms with van der Waals surface area (Å²) in [5.41, 5.74) is 0.962. The minimum Gasteiger partial charge on any atom is -0.445 e. The molecule has 1 aromatic rings. The number of piperidine rings is 2. The molecule has 0 aliphatic carbocycles. The number of nitrogens with zero attached hydrogens (tertiary/aromatic N) is 2. The van der Waals surface area contributed by atoms with E-state index in [2.05, 4.69) is 0 Å². The third-order valence-electron chi connectivity index (χ3n) is 4.67. The van der Waals surface area contributed by atoms with Crippen LogP contribution in [0.4, 0.5) is 4.79 Å². The lowest BCUT2D eigenvalue weighted by atomic mass is 9.99. The first kappa shape index (κ1) is 16.5. The minimum absolute atomic E-state index is 0.0261. The molecule has 128 valence electrons. The Labute approximate surface area is 141 Å². The number of ether oxygens (including phenoxy) is 1. The van der Waals surface area contributed by atoms with Crippen LogP contribution in [0.5, 0.6) is 0 Å². The fourth-order valence-corrected chi connectivity index (χ4v) is 3.29. The lowest BCUT2D eigenvalue weighted by Crippen LogP contribution is -2.51. The molecule has 2 aliphatic heterocycles. The summed E-state index contributed by atoms with van der Waals surface area (Å²) in [6.07, 6.45) is 1.64. The topological polar surface area (TPSA) is 66.9 Å². The average Bonchev–Trinajstić information content (AvgIpc) is 2.61. The predicted octanol–water partition coefficient (Wildman–Crippen LogP) is 1.98. The van der Waals surface area contributed by atoms with E-state index >= 15 is 0 Å². The summed E-state index contributed by atoms with van der Waals surface area (Å²) in [5, 5.41) is 0. The van der Waals surface area contributed by atoms with E-state index < -0.39 is 0 Å². The Bertz CT molecular complexity index is 609. The number of Topliss-reactive ketones (excluding diaryl/α,β-unsaturated/α-hetero) is 1. The van der Waals surface area contributed by atoms with Gasteiger partial charge in [0, 0.05) is 32.1 Å². The maximum Gasteiger partial charge on any atom is 0.410 e. The van der Waals surface area contributed by atoms with Crippen molar-refractivity contribution in [2.75, 3.05) is 19.6 Å².